The lowest BCUT2D eigenvalue weighted by atomic mass is 10.2. The van der Waals surface area contributed by atoms with Crippen molar-refractivity contribution < 1.29 is 8.42 Å². The summed E-state index contributed by atoms with van der Waals surface area (Å²) in [7, 11) is -1.31. The van der Waals surface area contributed by atoms with E-state index >= 15 is 0 Å². The number of nitrogens with one attached hydrogen (secondary N) is 1. The summed E-state index contributed by atoms with van der Waals surface area (Å²) < 4.78 is 24.6. The average Bonchev–Trinajstić information content (AvgIpc) is 2.45. The summed E-state index contributed by atoms with van der Waals surface area (Å²) in [5, 5.41) is 0. The van der Waals surface area contributed by atoms with Gasteiger partial charge in [0.1, 0.15) is 5.82 Å². The average molecular weight is 306 g/mol. The summed E-state index contributed by atoms with van der Waals surface area (Å²) in [5.41, 5.74) is 1.68. The Kier molecular flexibility index (Phi) is 4.74. The van der Waals surface area contributed by atoms with E-state index in [4.69, 9.17) is 0 Å². The molecule has 21 heavy (non-hydrogen) atoms. The van der Waals surface area contributed by atoms with Crippen molar-refractivity contribution in [2.75, 3.05) is 29.5 Å². The number of likely N-dealkylation sites (N-methyl/N-ethyl adjacent to an activating group) is 1. The van der Waals surface area contributed by atoms with Crippen LogP contribution < -0.4 is 9.62 Å². The van der Waals surface area contributed by atoms with Crippen molar-refractivity contribution in [1.29, 1.82) is 0 Å². The monoisotopic (exact) mass is 306 g/mol. The molecule has 112 valence electrons. The van der Waals surface area contributed by atoms with Crippen LogP contribution in [0.25, 0.3) is 0 Å². The van der Waals surface area contributed by atoms with Crippen LogP contribution in [-0.4, -0.2) is 38.2 Å². The fraction of sp³-hybridized carbons (Fsp3) is 0.286. The zero-order chi connectivity index (χ0) is 15.3. The van der Waals surface area contributed by atoms with Crippen LogP contribution in [0.4, 0.5) is 11.5 Å². The highest BCUT2D eigenvalue weighted by Crippen LogP contribution is 2.14. The van der Waals surface area contributed by atoms with Crippen LogP contribution in [0.2, 0.25) is 0 Å². The number of pyridine rings is 2. The van der Waals surface area contributed by atoms with Gasteiger partial charge in [-0.2, -0.15) is 0 Å². The number of anilines is 2. The van der Waals surface area contributed by atoms with Crippen LogP contribution in [-0.2, 0) is 16.4 Å². The minimum absolute atomic E-state index is 0.462. The molecule has 0 amide bonds. The van der Waals surface area contributed by atoms with E-state index in [9.17, 15) is 8.42 Å². The molecule has 0 unspecified atom stereocenters. The Hall–Kier alpha value is -2.15. The molecule has 0 atom stereocenters. The van der Waals surface area contributed by atoms with E-state index < -0.39 is 10.0 Å². The van der Waals surface area contributed by atoms with Gasteiger partial charge in [0.05, 0.1) is 18.1 Å². The topological polar surface area (TPSA) is 75.2 Å². The molecule has 7 heteroatoms. The van der Waals surface area contributed by atoms with Gasteiger partial charge >= 0.3 is 0 Å². The quantitative estimate of drug-likeness (QED) is 0.876. The third kappa shape index (κ3) is 5.03. The van der Waals surface area contributed by atoms with Crippen LogP contribution in [0.15, 0.2) is 42.9 Å². The second-order valence-electron chi connectivity index (χ2n) is 4.81. The Labute approximate surface area is 124 Å². The van der Waals surface area contributed by atoms with Gasteiger partial charge in [-0.1, -0.05) is 0 Å². The molecule has 0 aliphatic rings. The van der Waals surface area contributed by atoms with E-state index in [1.807, 2.05) is 24.1 Å². The van der Waals surface area contributed by atoms with Gasteiger partial charge in [0.2, 0.25) is 10.0 Å². The van der Waals surface area contributed by atoms with Crippen LogP contribution in [0.5, 0.6) is 0 Å². The van der Waals surface area contributed by atoms with Crippen molar-refractivity contribution in [3.05, 3.63) is 48.4 Å². The van der Waals surface area contributed by atoms with Gasteiger partial charge in [-0.05, 0) is 36.2 Å². The Morgan fingerprint density at radius 1 is 1.19 bits per heavy atom. The Morgan fingerprint density at radius 3 is 2.48 bits per heavy atom. The molecule has 0 saturated heterocycles. The molecule has 0 saturated carbocycles. The number of sulfonamides is 1. The molecule has 0 aromatic carbocycles. The van der Waals surface area contributed by atoms with Crippen molar-refractivity contribution in [3.8, 4) is 0 Å². The third-order valence-corrected chi connectivity index (χ3v) is 3.53. The van der Waals surface area contributed by atoms with E-state index in [2.05, 4.69) is 14.7 Å². The van der Waals surface area contributed by atoms with E-state index in [1.165, 1.54) is 11.8 Å². The molecule has 0 aliphatic heterocycles. The molecule has 2 heterocycles. The lowest BCUT2D eigenvalue weighted by molar-refractivity contribution is 0.607. The lowest BCUT2D eigenvalue weighted by Gasteiger charge is -2.18. The maximum atomic E-state index is 11.1. The van der Waals surface area contributed by atoms with E-state index in [0.717, 1.165) is 25.0 Å². The predicted octanol–water partition coefficient (Wildman–Crippen LogP) is 1.53. The first-order chi connectivity index (χ1) is 9.94. The second-order valence-corrected chi connectivity index (χ2v) is 6.55. The molecule has 1 N–H and O–H groups in total. The SMILES string of the molecule is CN(CCc1ccncc1)c1ccc(NS(C)(=O)=O)cn1. The number of aromatic nitrogens is 2. The van der Waals surface area contributed by atoms with Gasteiger partial charge in [-0.15, -0.1) is 0 Å². The zero-order valence-electron chi connectivity index (χ0n) is 12.0. The first-order valence-electron chi connectivity index (χ1n) is 6.48. The van der Waals surface area contributed by atoms with Crippen LogP contribution in [0.3, 0.4) is 0 Å². The third-order valence-electron chi connectivity index (χ3n) is 2.93. The maximum Gasteiger partial charge on any atom is 0.229 e. The molecule has 2 aromatic rings. The summed E-state index contributed by atoms with van der Waals surface area (Å²) in [4.78, 5) is 10.3. The van der Waals surface area contributed by atoms with Gasteiger partial charge in [-0.25, -0.2) is 13.4 Å². The highest BCUT2D eigenvalue weighted by Gasteiger charge is 2.05. The normalized spacial score (nSPS) is 11.1. The predicted molar refractivity (Wildman–Crippen MR) is 83.9 cm³/mol. The lowest BCUT2D eigenvalue weighted by Crippen LogP contribution is -2.21. The van der Waals surface area contributed by atoms with Crippen molar-refractivity contribution >= 4 is 21.5 Å². The van der Waals surface area contributed by atoms with Crippen LogP contribution >= 0.6 is 0 Å². The smallest absolute Gasteiger partial charge is 0.229 e. The Morgan fingerprint density at radius 2 is 1.90 bits per heavy atom. The van der Waals surface area contributed by atoms with Gasteiger partial charge in [0, 0.05) is 26.0 Å². The molecular formula is C14H18N4O2S. The highest BCUT2D eigenvalue weighted by molar-refractivity contribution is 7.92. The molecule has 0 fully saturated rings. The van der Waals surface area contributed by atoms with Crippen molar-refractivity contribution in [2.45, 2.75) is 6.42 Å². The molecular weight excluding hydrogens is 288 g/mol. The zero-order valence-corrected chi connectivity index (χ0v) is 12.8. The number of hydrogen-bond donors (Lipinski definition) is 1. The van der Waals surface area contributed by atoms with Gasteiger partial charge in [0.25, 0.3) is 0 Å². The Bertz CT molecular complexity index is 672. The molecule has 0 spiro atoms. The molecule has 6 nitrogen and oxygen atoms in total. The van der Waals surface area contributed by atoms with Gasteiger partial charge < -0.3 is 4.90 Å². The molecule has 0 aliphatic carbocycles. The fourth-order valence-electron chi connectivity index (χ4n) is 1.85. The molecule has 2 aromatic heterocycles. The minimum atomic E-state index is -3.27. The Balaban J connectivity index is 1.95. The summed E-state index contributed by atoms with van der Waals surface area (Å²) in [5.74, 6) is 0.795. The fourth-order valence-corrected chi connectivity index (χ4v) is 2.40. The van der Waals surface area contributed by atoms with Crippen LogP contribution in [0.1, 0.15) is 5.56 Å². The van der Waals surface area contributed by atoms with Crippen molar-refractivity contribution in [3.63, 3.8) is 0 Å². The molecule has 0 bridgehead atoms. The van der Waals surface area contributed by atoms with E-state index in [0.29, 0.717) is 5.69 Å². The summed E-state index contributed by atoms with van der Waals surface area (Å²) in [6.07, 6.45) is 7.07. The van der Waals surface area contributed by atoms with Gasteiger partial charge in [0.15, 0.2) is 0 Å². The standard InChI is InChI=1S/C14H18N4O2S/c1-18(10-7-12-5-8-15-9-6-12)14-4-3-13(11-16-14)17-21(2,19)20/h3-6,8-9,11,17H,7,10H2,1-2H3. The van der Waals surface area contributed by atoms with Crippen molar-refractivity contribution in [1.82, 2.24) is 9.97 Å². The van der Waals surface area contributed by atoms with Crippen molar-refractivity contribution in [2.24, 2.45) is 0 Å². The summed E-state index contributed by atoms with van der Waals surface area (Å²) in [6, 6.07) is 7.47. The first kappa shape index (κ1) is 15.2. The number of rotatable bonds is 6. The van der Waals surface area contributed by atoms with E-state index in [1.54, 1.807) is 24.5 Å². The van der Waals surface area contributed by atoms with E-state index in [-0.39, 0.29) is 0 Å². The first-order valence-corrected chi connectivity index (χ1v) is 8.37. The molecule has 0 radical (unpaired) electrons. The summed E-state index contributed by atoms with van der Waals surface area (Å²) >= 11 is 0. The van der Waals surface area contributed by atoms with Crippen LogP contribution in [0, 0.1) is 0 Å². The molecule has 2 rings (SSSR count). The highest BCUT2D eigenvalue weighted by atomic mass is 32.2. The summed E-state index contributed by atoms with van der Waals surface area (Å²) in [6.45, 7) is 0.815. The minimum Gasteiger partial charge on any atom is -0.359 e. The number of nitrogens with zero attached hydrogens (tertiary/aromatic N) is 3. The van der Waals surface area contributed by atoms with Gasteiger partial charge in [-0.3, -0.25) is 9.71 Å². The number of hydrogen-bond acceptors (Lipinski definition) is 5. The maximum absolute atomic E-state index is 11.1. The largest absolute Gasteiger partial charge is 0.359 e. The second kappa shape index (κ2) is 6.53.